The molecular weight excluding hydrogens is 465 g/mol. The fourth-order valence-corrected chi connectivity index (χ4v) is 5.83. The highest BCUT2D eigenvalue weighted by molar-refractivity contribution is 6.35. The van der Waals surface area contributed by atoms with Gasteiger partial charge in [-0.25, -0.2) is 0 Å². The second kappa shape index (κ2) is 10.8. The quantitative estimate of drug-likeness (QED) is 0.479. The molecule has 2 N–H and O–H groups in total. The van der Waals surface area contributed by atoms with Crippen LogP contribution in [0.25, 0.3) is 0 Å². The Kier molecular flexibility index (Phi) is 8.12. The first-order chi connectivity index (χ1) is 15.4. The molecule has 174 valence electrons. The molecule has 1 saturated carbocycles. The minimum atomic E-state index is -0.00450. The van der Waals surface area contributed by atoms with E-state index in [-0.39, 0.29) is 6.04 Å². The topological polar surface area (TPSA) is 38.7 Å². The third-order valence-corrected chi connectivity index (χ3v) is 7.85. The molecule has 0 amide bonds. The Labute approximate surface area is 206 Å². The van der Waals surface area contributed by atoms with Crippen molar-refractivity contribution in [1.29, 1.82) is 0 Å². The first kappa shape index (κ1) is 24.0. The van der Waals surface area contributed by atoms with E-state index in [1.165, 1.54) is 24.9 Å². The van der Waals surface area contributed by atoms with Crippen molar-refractivity contribution in [3.05, 3.63) is 57.0 Å². The standard InChI is InChI=1S/C25H32Cl3N3O/c1-17(22-7-5-19(26)14-24(22)28)29-25-15-21(6-8-23(25)27)31-11-9-30(10-12-31)20-4-2-3-18(13-20)16-32/h5-8,14-15,17-18,20,29,32H,2-4,9-13,16H2,1H3/t17-,18-,20-/m1/s1. The van der Waals surface area contributed by atoms with Crippen molar-refractivity contribution >= 4 is 46.2 Å². The molecule has 0 unspecified atom stereocenters. The monoisotopic (exact) mass is 495 g/mol. The number of anilines is 2. The van der Waals surface area contributed by atoms with Gasteiger partial charge in [-0.05, 0) is 68.0 Å². The number of benzene rings is 2. The molecule has 0 bridgehead atoms. The van der Waals surface area contributed by atoms with Crippen molar-refractivity contribution in [3.63, 3.8) is 0 Å². The molecule has 1 heterocycles. The van der Waals surface area contributed by atoms with E-state index in [1.54, 1.807) is 6.07 Å². The summed E-state index contributed by atoms with van der Waals surface area (Å²) in [5.41, 5.74) is 3.07. The predicted octanol–water partition coefficient (Wildman–Crippen LogP) is 6.49. The SMILES string of the molecule is C[C@@H](Nc1cc(N2CCN([C@@H]3CCC[C@@H](CO)C3)CC2)ccc1Cl)c1ccc(Cl)cc1Cl. The molecule has 2 aromatic carbocycles. The van der Waals surface area contributed by atoms with E-state index >= 15 is 0 Å². The first-order valence-electron chi connectivity index (χ1n) is 11.6. The van der Waals surface area contributed by atoms with Gasteiger partial charge in [0.2, 0.25) is 0 Å². The highest BCUT2D eigenvalue weighted by atomic mass is 35.5. The fraction of sp³-hybridized carbons (Fsp3) is 0.520. The van der Waals surface area contributed by atoms with Crippen molar-refractivity contribution < 1.29 is 5.11 Å². The van der Waals surface area contributed by atoms with Crippen LogP contribution in [-0.2, 0) is 0 Å². The molecular formula is C25H32Cl3N3O. The zero-order chi connectivity index (χ0) is 22.7. The average Bonchev–Trinajstić information content (AvgIpc) is 2.80. The lowest BCUT2D eigenvalue weighted by atomic mass is 9.85. The second-order valence-corrected chi connectivity index (χ2v) is 10.3. The number of hydrogen-bond acceptors (Lipinski definition) is 4. The van der Waals surface area contributed by atoms with Crippen LogP contribution in [0, 0.1) is 5.92 Å². The zero-order valence-corrected chi connectivity index (χ0v) is 20.8. The Balaban J connectivity index is 1.39. The van der Waals surface area contributed by atoms with E-state index in [0.29, 0.717) is 33.6 Å². The molecule has 0 spiro atoms. The number of halogens is 3. The van der Waals surface area contributed by atoms with Crippen LogP contribution in [0.2, 0.25) is 15.1 Å². The molecule has 1 aliphatic carbocycles. The van der Waals surface area contributed by atoms with Crippen molar-refractivity contribution in [2.75, 3.05) is 43.0 Å². The van der Waals surface area contributed by atoms with Crippen molar-refractivity contribution in [3.8, 4) is 0 Å². The molecule has 0 aromatic heterocycles. The van der Waals surface area contributed by atoms with Gasteiger partial charge in [-0.15, -0.1) is 0 Å². The predicted molar refractivity (Wildman–Crippen MR) is 137 cm³/mol. The molecule has 7 heteroatoms. The number of nitrogens with zero attached hydrogens (tertiary/aromatic N) is 2. The fourth-order valence-electron chi connectivity index (χ4n) is 5.09. The van der Waals surface area contributed by atoms with Crippen molar-refractivity contribution in [2.45, 2.75) is 44.7 Å². The van der Waals surface area contributed by atoms with Gasteiger partial charge in [0.1, 0.15) is 0 Å². The third kappa shape index (κ3) is 5.66. The summed E-state index contributed by atoms with van der Waals surface area (Å²) in [6, 6.07) is 12.4. The summed E-state index contributed by atoms with van der Waals surface area (Å²) in [5, 5.41) is 15.0. The molecule has 3 atom stereocenters. The maximum Gasteiger partial charge on any atom is 0.0639 e. The summed E-state index contributed by atoms with van der Waals surface area (Å²) in [4.78, 5) is 5.06. The van der Waals surface area contributed by atoms with Crippen LogP contribution in [0.1, 0.15) is 44.2 Å². The molecule has 32 heavy (non-hydrogen) atoms. The Morgan fingerprint density at radius 2 is 1.78 bits per heavy atom. The van der Waals surface area contributed by atoms with Crippen LogP contribution < -0.4 is 10.2 Å². The summed E-state index contributed by atoms with van der Waals surface area (Å²) in [7, 11) is 0. The van der Waals surface area contributed by atoms with Gasteiger partial charge in [0, 0.05) is 54.6 Å². The summed E-state index contributed by atoms with van der Waals surface area (Å²) < 4.78 is 0. The number of hydrogen-bond donors (Lipinski definition) is 2. The van der Waals surface area contributed by atoms with Gasteiger partial charge in [0.05, 0.1) is 16.8 Å². The van der Waals surface area contributed by atoms with Crippen LogP contribution in [0.4, 0.5) is 11.4 Å². The van der Waals surface area contributed by atoms with Crippen molar-refractivity contribution in [2.24, 2.45) is 5.92 Å². The van der Waals surface area contributed by atoms with Crippen LogP contribution in [-0.4, -0.2) is 48.8 Å². The summed E-state index contributed by atoms with van der Waals surface area (Å²) >= 11 is 19.0. The van der Waals surface area contributed by atoms with Crippen LogP contribution in [0.3, 0.4) is 0 Å². The van der Waals surface area contributed by atoms with E-state index in [2.05, 4.69) is 34.2 Å². The van der Waals surface area contributed by atoms with Gasteiger partial charge in [-0.3, -0.25) is 4.90 Å². The highest BCUT2D eigenvalue weighted by Gasteiger charge is 2.29. The Morgan fingerprint density at radius 1 is 1.00 bits per heavy atom. The van der Waals surface area contributed by atoms with Gasteiger partial charge in [-0.2, -0.15) is 0 Å². The molecule has 4 nitrogen and oxygen atoms in total. The van der Waals surface area contributed by atoms with Crippen LogP contribution >= 0.6 is 34.8 Å². The Bertz CT molecular complexity index is 917. The number of rotatable bonds is 6. The largest absolute Gasteiger partial charge is 0.396 e. The van der Waals surface area contributed by atoms with Crippen molar-refractivity contribution in [1.82, 2.24) is 4.90 Å². The molecule has 2 aromatic rings. The van der Waals surface area contributed by atoms with Crippen LogP contribution in [0.15, 0.2) is 36.4 Å². The molecule has 2 fully saturated rings. The molecule has 1 aliphatic heterocycles. The van der Waals surface area contributed by atoms with E-state index in [4.69, 9.17) is 34.8 Å². The van der Waals surface area contributed by atoms with E-state index in [0.717, 1.165) is 43.9 Å². The van der Waals surface area contributed by atoms with Gasteiger partial charge >= 0.3 is 0 Å². The van der Waals surface area contributed by atoms with E-state index in [9.17, 15) is 5.11 Å². The number of aliphatic hydroxyl groups is 1. The summed E-state index contributed by atoms with van der Waals surface area (Å²) in [5.74, 6) is 0.479. The normalized spacial score (nSPS) is 23.2. The number of piperazine rings is 1. The van der Waals surface area contributed by atoms with Gasteiger partial charge in [-0.1, -0.05) is 47.3 Å². The lowest BCUT2D eigenvalue weighted by Gasteiger charge is -2.43. The van der Waals surface area contributed by atoms with Crippen LogP contribution in [0.5, 0.6) is 0 Å². The molecule has 4 rings (SSSR count). The van der Waals surface area contributed by atoms with Gasteiger partial charge in [0.15, 0.2) is 0 Å². The highest BCUT2D eigenvalue weighted by Crippen LogP contribution is 2.34. The maximum atomic E-state index is 9.55. The first-order valence-corrected chi connectivity index (χ1v) is 12.7. The minimum Gasteiger partial charge on any atom is -0.396 e. The molecule has 0 radical (unpaired) electrons. The third-order valence-electron chi connectivity index (χ3n) is 6.96. The van der Waals surface area contributed by atoms with Gasteiger partial charge < -0.3 is 15.3 Å². The smallest absolute Gasteiger partial charge is 0.0639 e. The number of aliphatic hydroxyl groups excluding tert-OH is 1. The summed E-state index contributed by atoms with van der Waals surface area (Å²) in [6.45, 7) is 6.52. The zero-order valence-electron chi connectivity index (χ0n) is 18.5. The lowest BCUT2D eigenvalue weighted by Crippen LogP contribution is -2.51. The second-order valence-electron chi connectivity index (χ2n) is 9.09. The molecule has 1 saturated heterocycles. The molecule has 2 aliphatic rings. The van der Waals surface area contributed by atoms with Gasteiger partial charge in [0.25, 0.3) is 0 Å². The minimum absolute atomic E-state index is 0.00450. The van der Waals surface area contributed by atoms with E-state index in [1.807, 2.05) is 18.2 Å². The number of nitrogens with one attached hydrogen (secondary N) is 1. The summed E-state index contributed by atoms with van der Waals surface area (Å²) in [6.07, 6.45) is 4.80. The lowest BCUT2D eigenvalue weighted by molar-refractivity contribution is 0.0961. The average molecular weight is 497 g/mol. The maximum absolute atomic E-state index is 9.55. The van der Waals surface area contributed by atoms with E-state index < -0.39 is 0 Å². The Morgan fingerprint density at radius 3 is 2.50 bits per heavy atom. The Hall–Kier alpha value is -1.17.